The van der Waals surface area contributed by atoms with Gasteiger partial charge in [0.25, 0.3) is 5.69 Å². The van der Waals surface area contributed by atoms with Crippen molar-refractivity contribution < 1.29 is 23.6 Å². The molecule has 2 rings (SSSR count). The monoisotopic (exact) mass is 405 g/mol. The van der Waals surface area contributed by atoms with Gasteiger partial charge in [-0.2, -0.15) is 0 Å². The maximum atomic E-state index is 13.7. The first kappa shape index (κ1) is 20.8. The number of anilines is 1. The van der Waals surface area contributed by atoms with Gasteiger partial charge >= 0.3 is 0 Å². The van der Waals surface area contributed by atoms with Crippen LogP contribution in [0.15, 0.2) is 42.5 Å². The molecule has 1 amide bonds. The predicted molar refractivity (Wildman–Crippen MR) is 106 cm³/mol. The Labute approximate surface area is 165 Å². The number of carbonyl (C=O) groups excluding carboxylic acids is 1. The number of ether oxygens (including phenoxy) is 2. The topological polar surface area (TPSA) is 103 Å². The normalized spacial score (nSPS) is 10.4. The highest BCUT2D eigenvalue weighted by Gasteiger charge is 2.12. The predicted octanol–water partition coefficient (Wildman–Crippen LogP) is 3.28. The van der Waals surface area contributed by atoms with Gasteiger partial charge in [-0.05, 0) is 42.1 Å². The van der Waals surface area contributed by atoms with E-state index in [-0.39, 0.29) is 16.5 Å². The smallest absolute Gasteiger partial charge is 0.271 e. The minimum absolute atomic E-state index is 0.207. The van der Waals surface area contributed by atoms with E-state index in [1.54, 1.807) is 18.2 Å². The lowest BCUT2D eigenvalue weighted by Crippen LogP contribution is -2.33. The Morgan fingerprint density at radius 1 is 1.18 bits per heavy atom. The third-order valence-corrected chi connectivity index (χ3v) is 3.68. The molecule has 0 saturated carbocycles. The molecule has 0 aliphatic carbocycles. The molecule has 0 aliphatic rings. The average Bonchev–Trinajstić information content (AvgIpc) is 2.67. The van der Waals surface area contributed by atoms with E-state index < -0.39 is 16.6 Å². The van der Waals surface area contributed by atoms with Gasteiger partial charge in [-0.25, -0.2) is 4.39 Å². The van der Waals surface area contributed by atoms with Gasteiger partial charge in [-0.1, -0.05) is 6.07 Å². The van der Waals surface area contributed by atoms with Gasteiger partial charge in [0.15, 0.2) is 16.6 Å². The molecule has 0 atom stereocenters. The molecule has 10 heteroatoms. The summed E-state index contributed by atoms with van der Waals surface area (Å²) in [4.78, 5) is 22.1. The Kier molecular flexibility index (Phi) is 6.99. The van der Waals surface area contributed by atoms with Crippen LogP contribution < -0.4 is 20.1 Å². The van der Waals surface area contributed by atoms with Gasteiger partial charge in [-0.15, -0.1) is 0 Å². The summed E-state index contributed by atoms with van der Waals surface area (Å²) in [6.07, 6.45) is 2.74. The van der Waals surface area contributed by atoms with Crippen LogP contribution in [0.4, 0.5) is 15.8 Å². The van der Waals surface area contributed by atoms with Crippen molar-refractivity contribution in [3.05, 3.63) is 64.0 Å². The number of amides is 1. The number of methoxy groups -OCH3 is 2. The number of nitrogens with zero attached hydrogens (tertiary/aromatic N) is 1. The van der Waals surface area contributed by atoms with Crippen molar-refractivity contribution in [2.24, 2.45) is 0 Å². The summed E-state index contributed by atoms with van der Waals surface area (Å²) in [5, 5.41) is 15.3. The van der Waals surface area contributed by atoms with Gasteiger partial charge in [0.2, 0.25) is 5.91 Å². The van der Waals surface area contributed by atoms with E-state index >= 15 is 0 Å². The summed E-state index contributed by atoms with van der Waals surface area (Å²) in [5.74, 6) is -0.266. The van der Waals surface area contributed by atoms with E-state index in [4.69, 9.17) is 21.7 Å². The van der Waals surface area contributed by atoms with E-state index in [0.717, 1.165) is 18.2 Å². The van der Waals surface area contributed by atoms with Gasteiger partial charge in [-0.3, -0.25) is 20.2 Å². The van der Waals surface area contributed by atoms with Crippen molar-refractivity contribution in [1.82, 2.24) is 5.32 Å². The number of benzene rings is 2. The van der Waals surface area contributed by atoms with E-state index in [0.29, 0.717) is 17.1 Å². The maximum absolute atomic E-state index is 13.7. The molecule has 0 heterocycles. The third-order valence-electron chi connectivity index (χ3n) is 3.48. The molecule has 0 spiro atoms. The number of hydrogen-bond donors (Lipinski definition) is 2. The fourth-order valence-corrected chi connectivity index (χ4v) is 2.37. The van der Waals surface area contributed by atoms with Crippen molar-refractivity contribution in [3.8, 4) is 11.5 Å². The number of halogens is 1. The number of carbonyl (C=O) groups is 1. The zero-order chi connectivity index (χ0) is 20.7. The molecule has 146 valence electrons. The number of rotatable bonds is 6. The van der Waals surface area contributed by atoms with Crippen molar-refractivity contribution >= 4 is 40.7 Å². The first-order chi connectivity index (χ1) is 13.3. The lowest BCUT2D eigenvalue weighted by atomic mass is 10.2. The van der Waals surface area contributed by atoms with E-state index in [9.17, 15) is 19.3 Å². The quantitative estimate of drug-likeness (QED) is 0.329. The molecular weight excluding hydrogens is 389 g/mol. The third kappa shape index (κ3) is 5.48. The van der Waals surface area contributed by atoms with Crippen LogP contribution in [-0.4, -0.2) is 30.2 Å². The number of hydrogen-bond acceptors (Lipinski definition) is 6. The second kappa shape index (κ2) is 9.42. The fraction of sp³-hybridized carbons (Fsp3) is 0.111. The SMILES string of the molecule is COc1ccc(/C=C/C(=O)NC(=S)Nc2cc([N+](=O)[O-])ccc2F)cc1OC. The second-order valence-corrected chi connectivity index (χ2v) is 5.72. The highest BCUT2D eigenvalue weighted by Crippen LogP contribution is 2.28. The summed E-state index contributed by atoms with van der Waals surface area (Å²) in [7, 11) is 3.01. The minimum atomic E-state index is -0.747. The molecule has 2 N–H and O–H groups in total. The molecule has 2 aromatic carbocycles. The largest absolute Gasteiger partial charge is 0.493 e. The van der Waals surface area contributed by atoms with Crippen LogP contribution in [0.5, 0.6) is 11.5 Å². The zero-order valence-electron chi connectivity index (χ0n) is 14.9. The zero-order valence-corrected chi connectivity index (χ0v) is 15.7. The molecule has 0 bridgehead atoms. The van der Waals surface area contributed by atoms with Crippen LogP contribution in [-0.2, 0) is 4.79 Å². The van der Waals surface area contributed by atoms with Crippen LogP contribution in [0.2, 0.25) is 0 Å². The van der Waals surface area contributed by atoms with Crippen molar-refractivity contribution in [2.45, 2.75) is 0 Å². The van der Waals surface area contributed by atoms with Gasteiger partial charge in [0.05, 0.1) is 24.8 Å². The van der Waals surface area contributed by atoms with E-state index in [1.807, 2.05) is 0 Å². The number of non-ortho nitro benzene ring substituents is 1. The van der Waals surface area contributed by atoms with Crippen molar-refractivity contribution in [1.29, 1.82) is 0 Å². The average molecular weight is 405 g/mol. The highest BCUT2D eigenvalue weighted by molar-refractivity contribution is 7.80. The van der Waals surface area contributed by atoms with Gasteiger partial charge in [0.1, 0.15) is 5.82 Å². The standard InChI is InChI=1S/C18H16FN3O5S/c1-26-15-7-3-11(9-16(15)27-2)4-8-17(23)21-18(28)20-14-10-12(22(24)25)5-6-13(14)19/h3-10H,1-2H3,(H2,20,21,23,28)/b8-4+. The van der Waals surface area contributed by atoms with E-state index in [2.05, 4.69) is 10.6 Å². The van der Waals surface area contributed by atoms with Crippen molar-refractivity contribution in [3.63, 3.8) is 0 Å². The molecular formula is C18H16FN3O5S. The fourth-order valence-electron chi connectivity index (χ4n) is 2.16. The minimum Gasteiger partial charge on any atom is -0.493 e. The Morgan fingerprint density at radius 2 is 1.89 bits per heavy atom. The first-order valence-corrected chi connectivity index (χ1v) is 8.21. The Balaban J connectivity index is 2.01. The van der Waals surface area contributed by atoms with Crippen LogP contribution in [0, 0.1) is 15.9 Å². The van der Waals surface area contributed by atoms with Crippen LogP contribution >= 0.6 is 12.2 Å². The highest BCUT2D eigenvalue weighted by atomic mass is 32.1. The molecule has 0 unspecified atom stereocenters. The molecule has 0 fully saturated rings. The lowest BCUT2D eigenvalue weighted by Gasteiger charge is -2.09. The molecule has 0 aliphatic heterocycles. The van der Waals surface area contributed by atoms with Crippen LogP contribution in [0.1, 0.15) is 5.56 Å². The van der Waals surface area contributed by atoms with E-state index in [1.165, 1.54) is 26.4 Å². The molecule has 8 nitrogen and oxygen atoms in total. The number of thiocarbonyl (C=S) groups is 1. The molecule has 0 radical (unpaired) electrons. The molecule has 0 aromatic heterocycles. The summed E-state index contributed by atoms with van der Waals surface area (Å²) < 4.78 is 24.1. The first-order valence-electron chi connectivity index (χ1n) is 7.80. The lowest BCUT2D eigenvalue weighted by molar-refractivity contribution is -0.384. The second-order valence-electron chi connectivity index (χ2n) is 5.31. The summed E-state index contributed by atoms with van der Waals surface area (Å²) in [5.41, 5.74) is 0.145. The number of nitro groups is 1. The van der Waals surface area contributed by atoms with Gasteiger partial charge < -0.3 is 14.8 Å². The Hall–Kier alpha value is -3.53. The van der Waals surface area contributed by atoms with Gasteiger partial charge in [0, 0.05) is 18.2 Å². The molecule has 0 saturated heterocycles. The van der Waals surface area contributed by atoms with Crippen LogP contribution in [0.3, 0.4) is 0 Å². The van der Waals surface area contributed by atoms with Crippen LogP contribution in [0.25, 0.3) is 6.08 Å². The molecule has 28 heavy (non-hydrogen) atoms. The summed E-state index contributed by atoms with van der Waals surface area (Å²) in [6.45, 7) is 0. The Bertz CT molecular complexity index is 949. The molecule has 2 aromatic rings. The summed E-state index contributed by atoms with van der Waals surface area (Å²) >= 11 is 4.93. The Morgan fingerprint density at radius 3 is 2.54 bits per heavy atom. The number of nitro benzene ring substituents is 1. The maximum Gasteiger partial charge on any atom is 0.271 e. The number of nitrogens with one attached hydrogen (secondary N) is 2. The van der Waals surface area contributed by atoms with Crippen molar-refractivity contribution in [2.75, 3.05) is 19.5 Å². The summed E-state index contributed by atoms with van der Waals surface area (Å²) in [6, 6.07) is 8.02.